The molecule has 9 heavy (non-hydrogen) atoms. The highest BCUT2D eigenvalue weighted by Gasteiger charge is 1.92. The van der Waals surface area contributed by atoms with Crippen LogP contribution in [-0.4, -0.2) is 17.5 Å². The molecule has 0 rings (SSSR count). The standard InChI is InChI=1S/C7H17NS/c1-3-9-6-4-5-7(2)8/h7H,3-6,8H2,1-2H3/t7-/m1/s1. The van der Waals surface area contributed by atoms with Gasteiger partial charge in [-0.05, 0) is 31.3 Å². The van der Waals surface area contributed by atoms with Crippen LogP contribution in [0.3, 0.4) is 0 Å². The molecule has 1 nitrogen and oxygen atoms in total. The molecule has 0 aliphatic rings. The van der Waals surface area contributed by atoms with Crippen LogP contribution in [0.15, 0.2) is 0 Å². The lowest BCUT2D eigenvalue weighted by Gasteiger charge is -2.02. The minimum atomic E-state index is 0.391. The second-order valence-electron chi connectivity index (χ2n) is 2.32. The highest BCUT2D eigenvalue weighted by Crippen LogP contribution is 2.03. The zero-order valence-electron chi connectivity index (χ0n) is 6.39. The van der Waals surface area contributed by atoms with Crippen molar-refractivity contribution in [3.05, 3.63) is 0 Å². The second kappa shape index (κ2) is 6.43. The van der Waals surface area contributed by atoms with E-state index in [1.165, 1.54) is 24.3 Å². The Kier molecular flexibility index (Phi) is 6.65. The minimum absolute atomic E-state index is 0.391. The van der Waals surface area contributed by atoms with E-state index in [0.717, 1.165) is 0 Å². The van der Waals surface area contributed by atoms with E-state index in [1.54, 1.807) is 0 Å². The molecule has 0 fully saturated rings. The highest BCUT2D eigenvalue weighted by atomic mass is 32.2. The number of hydrogen-bond donors (Lipinski definition) is 1. The van der Waals surface area contributed by atoms with Gasteiger partial charge < -0.3 is 5.73 Å². The van der Waals surface area contributed by atoms with Crippen LogP contribution in [0.4, 0.5) is 0 Å². The third-order valence-corrected chi connectivity index (χ3v) is 2.14. The van der Waals surface area contributed by atoms with Crippen LogP contribution in [0.2, 0.25) is 0 Å². The molecule has 0 bridgehead atoms. The van der Waals surface area contributed by atoms with Gasteiger partial charge in [0.15, 0.2) is 0 Å². The first kappa shape index (κ1) is 9.31. The molecular formula is C7H17NS. The van der Waals surface area contributed by atoms with Crippen molar-refractivity contribution in [2.45, 2.75) is 32.7 Å². The SMILES string of the molecule is CCSCCC[C@@H](C)N. The Morgan fingerprint density at radius 3 is 2.67 bits per heavy atom. The fourth-order valence-corrected chi connectivity index (χ4v) is 1.31. The van der Waals surface area contributed by atoms with Crippen LogP contribution in [0.25, 0.3) is 0 Å². The maximum absolute atomic E-state index is 5.57. The summed E-state index contributed by atoms with van der Waals surface area (Å²) in [5.74, 6) is 2.51. The smallest absolute Gasteiger partial charge is 0.00107 e. The van der Waals surface area contributed by atoms with Gasteiger partial charge in [-0.15, -0.1) is 0 Å². The predicted octanol–water partition coefficient (Wildman–Crippen LogP) is 1.87. The fraction of sp³-hybridized carbons (Fsp3) is 1.00. The Bertz CT molecular complexity index is 54.9. The highest BCUT2D eigenvalue weighted by molar-refractivity contribution is 7.99. The lowest BCUT2D eigenvalue weighted by molar-refractivity contribution is 0.657. The molecule has 0 saturated heterocycles. The lowest BCUT2D eigenvalue weighted by atomic mass is 10.2. The molecule has 0 aliphatic heterocycles. The molecule has 0 unspecified atom stereocenters. The molecule has 0 amide bonds. The maximum Gasteiger partial charge on any atom is 0.00107 e. The number of thioether (sulfide) groups is 1. The summed E-state index contributed by atoms with van der Waals surface area (Å²) in [7, 11) is 0. The average Bonchev–Trinajstić information content (AvgIpc) is 1.80. The third kappa shape index (κ3) is 8.31. The molecule has 0 spiro atoms. The molecule has 2 heteroatoms. The average molecular weight is 147 g/mol. The first-order valence-corrected chi connectivity index (χ1v) is 4.76. The Hall–Kier alpha value is 0.310. The Labute approximate surface area is 62.4 Å². The third-order valence-electron chi connectivity index (χ3n) is 1.15. The van der Waals surface area contributed by atoms with E-state index in [0.29, 0.717) is 6.04 Å². The molecule has 0 aromatic carbocycles. The van der Waals surface area contributed by atoms with Gasteiger partial charge in [0.2, 0.25) is 0 Å². The number of nitrogens with two attached hydrogens (primary N) is 1. The Balaban J connectivity index is 2.75. The van der Waals surface area contributed by atoms with Gasteiger partial charge in [0, 0.05) is 6.04 Å². The normalized spacial score (nSPS) is 13.7. The first-order chi connectivity index (χ1) is 4.27. The fourth-order valence-electron chi connectivity index (χ4n) is 0.652. The molecule has 2 N–H and O–H groups in total. The van der Waals surface area contributed by atoms with Crippen molar-refractivity contribution in [2.24, 2.45) is 5.73 Å². The van der Waals surface area contributed by atoms with E-state index >= 15 is 0 Å². The van der Waals surface area contributed by atoms with Crippen molar-refractivity contribution >= 4 is 11.8 Å². The molecule has 1 atom stereocenters. The van der Waals surface area contributed by atoms with Crippen molar-refractivity contribution in [1.29, 1.82) is 0 Å². The van der Waals surface area contributed by atoms with Crippen molar-refractivity contribution in [3.63, 3.8) is 0 Å². The summed E-state index contributed by atoms with van der Waals surface area (Å²) in [6, 6.07) is 0.391. The second-order valence-corrected chi connectivity index (χ2v) is 3.71. The molecule has 56 valence electrons. The zero-order valence-corrected chi connectivity index (χ0v) is 7.21. The van der Waals surface area contributed by atoms with Gasteiger partial charge in [-0.3, -0.25) is 0 Å². The largest absolute Gasteiger partial charge is 0.328 e. The molecule has 0 aliphatic carbocycles. The van der Waals surface area contributed by atoms with Gasteiger partial charge in [0.05, 0.1) is 0 Å². The molecule has 0 heterocycles. The first-order valence-electron chi connectivity index (χ1n) is 3.60. The molecular weight excluding hydrogens is 130 g/mol. The van der Waals surface area contributed by atoms with Gasteiger partial charge >= 0.3 is 0 Å². The van der Waals surface area contributed by atoms with Gasteiger partial charge in [-0.1, -0.05) is 6.92 Å². The lowest BCUT2D eigenvalue weighted by Crippen LogP contribution is -2.14. The van der Waals surface area contributed by atoms with E-state index in [1.807, 2.05) is 11.8 Å². The number of hydrogen-bond acceptors (Lipinski definition) is 2. The van der Waals surface area contributed by atoms with Crippen molar-refractivity contribution in [3.8, 4) is 0 Å². The van der Waals surface area contributed by atoms with Gasteiger partial charge in [0.1, 0.15) is 0 Å². The van der Waals surface area contributed by atoms with Crippen LogP contribution in [-0.2, 0) is 0 Å². The topological polar surface area (TPSA) is 26.0 Å². The van der Waals surface area contributed by atoms with E-state index < -0.39 is 0 Å². The van der Waals surface area contributed by atoms with Crippen LogP contribution in [0.5, 0.6) is 0 Å². The van der Waals surface area contributed by atoms with Gasteiger partial charge in [0.25, 0.3) is 0 Å². The van der Waals surface area contributed by atoms with E-state index in [2.05, 4.69) is 13.8 Å². The molecule has 0 aromatic heterocycles. The molecule has 0 radical (unpaired) electrons. The van der Waals surface area contributed by atoms with E-state index in [9.17, 15) is 0 Å². The summed E-state index contributed by atoms with van der Waals surface area (Å²) >= 11 is 1.99. The van der Waals surface area contributed by atoms with Crippen LogP contribution in [0.1, 0.15) is 26.7 Å². The summed E-state index contributed by atoms with van der Waals surface area (Å²) in [6.07, 6.45) is 2.45. The Morgan fingerprint density at radius 1 is 1.56 bits per heavy atom. The summed E-state index contributed by atoms with van der Waals surface area (Å²) in [6.45, 7) is 4.26. The summed E-state index contributed by atoms with van der Waals surface area (Å²) < 4.78 is 0. The zero-order chi connectivity index (χ0) is 7.11. The maximum atomic E-state index is 5.57. The van der Waals surface area contributed by atoms with Gasteiger partial charge in [-0.25, -0.2) is 0 Å². The minimum Gasteiger partial charge on any atom is -0.328 e. The van der Waals surface area contributed by atoms with Crippen LogP contribution < -0.4 is 5.73 Å². The van der Waals surface area contributed by atoms with Crippen LogP contribution in [0, 0.1) is 0 Å². The molecule has 0 saturated carbocycles. The summed E-state index contributed by atoms with van der Waals surface area (Å²) in [5, 5.41) is 0. The quantitative estimate of drug-likeness (QED) is 0.601. The van der Waals surface area contributed by atoms with E-state index in [-0.39, 0.29) is 0 Å². The molecule has 0 aromatic rings. The van der Waals surface area contributed by atoms with Crippen molar-refractivity contribution in [2.75, 3.05) is 11.5 Å². The monoisotopic (exact) mass is 147 g/mol. The van der Waals surface area contributed by atoms with Crippen molar-refractivity contribution in [1.82, 2.24) is 0 Å². The summed E-state index contributed by atoms with van der Waals surface area (Å²) in [4.78, 5) is 0. The van der Waals surface area contributed by atoms with Crippen molar-refractivity contribution < 1.29 is 0 Å². The van der Waals surface area contributed by atoms with Gasteiger partial charge in [-0.2, -0.15) is 11.8 Å². The number of rotatable bonds is 5. The summed E-state index contributed by atoms with van der Waals surface area (Å²) in [5.41, 5.74) is 5.57. The van der Waals surface area contributed by atoms with E-state index in [4.69, 9.17) is 5.73 Å². The van der Waals surface area contributed by atoms with Crippen LogP contribution >= 0.6 is 11.8 Å². The Morgan fingerprint density at radius 2 is 2.22 bits per heavy atom. The predicted molar refractivity (Wildman–Crippen MR) is 45.9 cm³/mol.